The molecule has 1 heterocycles. The van der Waals surface area contributed by atoms with Crippen LogP contribution in [0, 0.1) is 0 Å². The van der Waals surface area contributed by atoms with Crippen molar-refractivity contribution in [2.45, 2.75) is 25.8 Å². The molecule has 0 radical (unpaired) electrons. The van der Waals surface area contributed by atoms with Gasteiger partial charge in [0.25, 0.3) is 0 Å². The second kappa shape index (κ2) is 8.58. The average Bonchev–Trinajstić information content (AvgIpc) is 3.19. The summed E-state index contributed by atoms with van der Waals surface area (Å²) in [5, 5.41) is 2.91. The van der Waals surface area contributed by atoms with Crippen LogP contribution >= 0.6 is 0 Å². The van der Waals surface area contributed by atoms with Crippen molar-refractivity contribution in [3.63, 3.8) is 0 Å². The number of hydrogen-bond donors (Lipinski definition) is 1. The third-order valence-corrected chi connectivity index (χ3v) is 4.65. The molecule has 6 nitrogen and oxygen atoms in total. The van der Waals surface area contributed by atoms with Crippen molar-refractivity contribution in [1.29, 1.82) is 0 Å². The number of methoxy groups -OCH3 is 1. The number of carbonyl (C=O) groups is 2. The van der Waals surface area contributed by atoms with Gasteiger partial charge in [-0.3, -0.25) is 0 Å². The zero-order valence-electron chi connectivity index (χ0n) is 15.6. The van der Waals surface area contributed by atoms with Crippen molar-refractivity contribution >= 4 is 17.7 Å². The van der Waals surface area contributed by atoms with E-state index in [0.29, 0.717) is 24.4 Å². The molecule has 1 N–H and O–H groups in total. The lowest BCUT2D eigenvalue weighted by Gasteiger charge is -2.25. The zero-order valence-corrected chi connectivity index (χ0v) is 15.6. The Kier molecular flexibility index (Phi) is 5.96. The number of amides is 2. The summed E-state index contributed by atoms with van der Waals surface area (Å²) in [5.41, 5.74) is 2.20. The Morgan fingerprint density at radius 2 is 1.81 bits per heavy atom. The van der Waals surface area contributed by atoms with Crippen LogP contribution in [0.25, 0.3) is 0 Å². The molecule has 0 aromatic heterocycles. The van der Waals surface area contributed by atoms with E-state index in [1.165, 1.54) is 7.11 Å². The molecule has 2 aromatic carbocycles. The van der Waals surface area contributed by atoms with Gasteiger partial charge in [-0.05, 0) is 61.7 Å². The lowest BCUT2D eigenvalue weighted by molar-refractivity contribution is 0.0600. The highest BCUT2D eigenvalue weighted by Crippen LogP contribution is 2.33. The smallest absolute Gasteiger partial charge is 0.337 e. The molecule has 1 unspecified atom stereocenters. The summed E-state index contributed by atoms with van der Waals surface area (Å²) in [6.45, 7) is 3.30. The Hall–Kier alpha value is -3.02. The number of nitrogens with zero attached hydrogens (tertiary/aromatic N) is 1. The Morgan fingerprint density at radius 1 is 1.11 bits per heavy atom. The second-order valence-electron chi connectivity index (χ2n) is 6.35. The number of nitrogens with one attached hydrogen (secondary N) is 1. The number of hydrogen-bond acceptors (Lipinski definition) is 4. The summed E-state index contributed by atoms with van der Waals surface area (Å²) < 4.78 is 10.2. The summed E-state index contributed by atoms with van der Waals surface area (Å²) in [7, 11) is 1.34. The number of anilines is 1. The molecule has 3 rings (SSSR count). The number of benzene rings is 2. The van der Waals surface area contributed by atoms with Gasteiger partial charge in [-0.25, -0.2) is 9.59 Å². The van der Waals surface area contributed by atoms with E-state index in [4.69, 9.17) is 4.74 Å². The summed E-state index contributed by atoms with van der Waals surface area (Å²) in [6.07, 6.45) is 1.90. The molecular formula is C21H24N2O4. The maximum Gasteiger partial charge on any atom is 0.337 e. The predicted molar refractivity (Wildman–Crippen MR) is 103 cm³/mol. The predicted octanol–water partition coefficient (Wildman–Crippen LogP) is 4.24. The lowest BCUT2D eigenvalue weighted by Crippen LogP contribution is -2.34. The van der Waals surface area contributed by atoms with Gasteiger partial charge in [0.1, 0.15) is 5.75 Å². The molecule has 0 bridgehead atoms. The highest BCUT2D eigenvalue weighted by Gasteiger charge is 2.30. The van der Waals surface area contributed by atoms with Gasteiger partial charge in [0.2, 0.25) is 0 Å². The van der Waals surface area contributed by atoms with Gasteiger partial charge < -0.3 is 19.7 Å². The number of esters is 1. The first kappa shape index (κ1) is 18.8. The topological polar surface area (TPSA) is 67.9 Å². The average molecular weight is 368 g/mol. The highest BCUT2D eigenvalue weighted by atomic mass is 16.5. The van der Waals surface area contributed by atoms with Crippen molar-refractivity contribution in [1.82, 2.24) is 4.90 Å². The Morgan fingerprint density at radius 3 is 2.44 bits per heavy atom. The van der Waals surface area contributed by atoms with Gasteiger partial charge >= 0.3 is 12.0 Å². The van der Waals surface area contributed by atoms with Crippen molar-refractivity contribution in [3.05, 3.63) is 59.7 Å². The van der Waals surface area contributed by atoms with E-state index in [1.807, 2.05) is 36.1 Å². The fraction of sp³-hybridized carbons (Fsp3) is 0.333. The van der Waals surface area contributed by atoms with E-state index in [-0.39, 0.29) is 12.1 Å². The molecule has 1 aliphatic rings. The monoisotopic (exact) mass is 368 g/mol. The molecule has 6 heteroatoms. The molecule has 27 heavy (non-hydrogen) atoms. The third kappa shape index (κ3) is 4.39. The van der Waals surface area contributed by atoms with Crippen LogP contribution in [-0.2, 0) is 4.74 Å². The number of likely N-dealkylation sites (tertiary alicyclic amines) is 1. The summed E-state index contributed by atoms with van der Waals surface area (Å²) in [4.78, 5) is 26.1. The van der Waals surface area contributed by atoms with Crippen molar-refractivity contribution < 1.29 is 19.1 Å². The van der Waals surface area contributed by atoms with E-state index in [0.717, 1.165) is 24.2 Å². The van der Waals surface area contributed by atoms with Crippen LogP contribution in [0.4, 0.5) is 10.5 Å². The minimum absolute atomic E-state index is 0.0509. The fourth-order valence-electron chi connectivity index (χ4n) is 3.31. The van der Waals surface area contributed by atoms with E-state index in [2.05, 4.69) is 10.1 Å². The van der Waals surface area contributed by atoms with Crippen LogP contribution in [0.15, 0.2) is 48.5 Å². The quantitative estimate of drug-likeness (QED) is 0.802. The van der Waals surface area contributed by atoms with E-state index in [1.54, 1.807) is 24.3 Å². The van der Waals surface area contributed by atoms with E-state index in [9.17, 15) is 9.59 Å². The number of ether oxygens (including phenoxy) is 2. The summed E-state index contributed by atoms with van der Waals surface area (Å²) in [6, 6.07) is 14.5. The van der Waals surface area contributed by atoms with Gasteiger partial charge in [0.15, 0.2) is 0 Å². The molecule has 0 aliphatic carbocycles. The van der Waals surface area contributed by atoms with Crippen molar-refractivity contribution in [2.24, 2.45) is 0 Å². The SMILES string of the molecule is CCOc1ccc(C2CCCN2C(=O)Nc2ccc(C(=O)OC)cc2)cc1. The van der Waals surface area contributed by atoms with Crippen molar-refractivity contribution in [2.75, 3.05) is 25.6 Å². The van der Waals surface area contributed by atoms with Gasteiger partial charge in [-0.15, -0.1) is 0 Å². The summed E-state index contributed by atoms with van der Waals surface area (Å²) >= 11 is 0. The molecule has 0 spiro atoms. The molecule has 2 amide bonds. The molecule has 1 aliphatic heterocycles. The van der Waals surface area contributed by atoms with Gasteiger partial charge in [-0.1, -0.05) is 12.1 Å². The van der Waals surface area contributed by atoms with Gasteiger partial charge in [0, 0.05) is 12.2 Å². The van der Waals surface area contributed by atoms with Crippen LogP contribution in [0.3, 0.4) is 0 Å². The minimum Gasteiger partial charge on any atom is -0.494 e. The second-order valence-corrected chi connectivity index (χ2v) is 6.35. The maximum atomic E-state index is 12.7. The molecule has 1 saturated heterocycles. The van der Waals surface area contributed by atoms with E-state index < -0.39 is 5.97 Å². The Bertz CT molecular complexity index is 787. The zero-order chi connectivity index (χ0) is 19.2. The molecule has 1 fully saturated rings. The maximum absolute atomic E-state index is 12.7. The first-order valence-electron chi connectivity index (χ1n) is 9.11. The van der Waals surface area contributed by atoms with Crippen LogP contribution in [0.5, 0.6) is 5.75 Å². The minimum atomic E-state index is -0.400. The normalized spacial score (nSPS) is 16.1. The highest BCUT2D eigenvalue weighted by molar-refractivity contribution is 5.92. The first-order valence-corrected chi connectivity index (χ1v) is 9.11. The fourth-order valence-corrected chi connectivity index (χ4v) is 3.31. The van der Waals surface area contributed by atoms with E-state index >= 15 is 0 Å². The van der Waals surface area contributed by atoms with Crippen molar-refractivity contribution in [3.8, 4) is 5.75 Å². The third-order valence-electron chi connectivity index (χ3n) is 4.65. The Labute approximate surface area is 159 Å². The standard InChI is InChI=1S/C21H24N2O4/c1-3-27-18-12-8-15(9-13-18)19-5-4-14-23(19)21(25)22-17-10-6-16(7-11-17)20(24)26-2/h6-13,19H,3-5,14H2,1-2H3,(H,22,25). The van der Waals surface area contributed by atoms with Crippen LogP contribution in [0.1, 0.15) is 41.7 Å². The largest absolute Gasteiger partial charge is 0.494 e. The van der Waals surface area contributed by atoms with Crippen LogP contribution in [0.2, 0.25) is 0 Å². The number of carbonyl (C=O) groups excluding carboxylic acids is 2. The molecule has 0 saturated carbocycles. The molecule has 142 valence electrons. The number of rotatable bonds is 5. The molecule has 2 aromatic rings. The van der Waals surface area contributed by atoms with Gasteiger partial charge in [-0.2, -0.15) is 0 Å². The van der Waals surface area contributed by atoms with Crippen LogP contribution in [-0.4, -0.2) is 37.2 Å². The number of urea groups is 1. The lowest BCUT2D eigenvalue weighted by atomic mass is 10.0. The Balaban J connectivity index is 1.67. The summed E-state index contributed by atoms with van der Waals surface area (Å²) in [5.74, 6) is 0.434. The first-order chi connectivity index (χ1) is 13.1. The molecular weight excluding hydrogens is 344 g/mol. The van der Waals surface area contributed by atoms with Gasteiger partial charge in [0.05, 0.1) is 25.3 Å². The molecule has 1 atom stereocenters. The van der Waals surface area contributed by atoms with Crippen LogP contribution < -0.4 is 10.1 Å².